The molecule has 1 aliphatic carbocycles. The topological polar surface area (TPSA) is 46.3 Å². The van der Waals surface area contributed by atoms with Gasteiger partial charge in [0.05, 0.1) is 19.6 Å². The molecule has 0 spiro atoms. The molecule has 1 aromatic heterocycles. The van der Waals surface area contributed by atoms with E-state index in [0.717, 1.165) is 47.0 Å². The van der Waals surface area contributed by atoms with Gasteiger partial charge in [0, 0.05) is 35.5 Å². The van der Waals surface area contributed by atoms with Gasteiger partial charge in [-0.1, -0.05) is 73.0 Å². The van der Waals surface area contributed by atoms with Gasteiger partial charge >= 0.3 is 0 Å². The van der Waals surface area contributed by atoms with Crippen LogP contribution >= 0.6 is 11.8 Å². The third kappa shape index (κ3) is 4.78. The van der Waals surface area contributed by atoms with Crippen LogP contribution in [0.15, 0.2) is 76.1 Å². The summed E-state index contributed by atoms with van der Waals surface area (Å²) >= 11 is 2.01. The van der Waals surface area contributed by atoms with Crippen molar-refractivity contribution >= 4 is 11.8 Å². The first kappa shape index (κ1) is 24.3. The number of thioether (sulfide) groups is 1. The highest BCUT2D eigenvalue weighted by Crippen LogP contribution is 2.45. The van der Waals surface area contributed by atoms with E-state index in [1.54, 1.807) is 0 Å². The third-order valence-electron chi connectivity index (χ3n) is 9.29. The lowest BCUT2D eigenvalue weighted by atomic mass is 9.71. The lowest BCUT2D eigenvalue weighted by Crippen LogP contribution is -2.61. The van der Waals surface area contributed by atoms with E-state index in [1.165, 1.54) is 62.4 Å². The highest BCUT2D eigenvalue weighted by Gasteiger charge is 2.47. The Morgan fingerprint density at radius 3 is 2.33 bits per heavy atom. The summed E-state index contributed by atoms with van der Waals surface area (Å²) in [4.78, 5) is 1.38. The van der Waals surface area contributed by atoms with Crippen LogP contribution in [-0.2, 0) is 12.1 Å². The third-order valence-corrected chi connectivity index (χ3v) is 10.5. The number of hydrogen-bond donors (Lipinski definition) is 1. The molecule has 2 bridgehead atoms. The summed E-state index contributed by atoms with van der Waals surface area (Å²) in [5.74, 6) is 3.93. The first-order valence-electron chi connectivity index (χ1n) is 13.9. The van der Waals surface area contributed by atoms with Gasteiger partial charge in [0.15, 0.2) is 5.76 Å². The molecule has 3 aliphatic heterocycles. The van der Waals surface area contributed by atoms with Crippen LogP contribution in [0.4, 0.5) is 0 Å². The number of aliphatic hydroxyl groups is 1. The van der Waals surface area contributed by atoms with E-state index in [2.05, 4.69) is 53.7 Å². The van der Waals surface area contributed by atoms with E-state index >= 15 is 0 Å². The van der Waals surface area contributed by atoms with Gasteiger partial charge in [0.25, 0.3) is 0 Å². The fourth-order valence-corrected chi connectivity index (χ4v) is 8.40. The molecular weight excluding hydrogens is 464 g/mol. The summed E-state index contributed by atoms with van der Waals surface area (Å²) < 4.78 is 7.11. The van der Waals surface area contributed by atoms with E-state index in [0.29, 0.717) is 5.69 Å². The molecule has 4 fully saturated rings. The molecule has 0 amide bonds. The van der Waals surface area contributed by atoms with Gasteiger partial charge in [0.1, 0.15) is 17.8 Å². The van der Waals surface area contributed by atoms with Gasteiger partial charge < -0.3 is 14.1 Å². The Bertz CT molecular complexity index is 1120. The number of quaternary nitrogens is 1. The quantitative estimate of drug-likeness (QED) is 0.276. The molecule has 1 saturated carbocycles. The van der Waals surface area contributed by atoms with Crippen molar-refractivity contribution in [2.45, 2.75) is 62.0 Å². The summed E-state index contributed by atoms with van der Waals surface area (Å²) in [7, 11) is 0. The maximum Gasteiger partial charge on any atom is 0.191 e. The van der Waals surface area contributed by atoms with E-state index < -0.39 is 5.60 Å². The average molecular weight is 504 g/mol. The highest BCUT2D eigenvalue weighted by atomic mass is 32.2. The predicted molar refractivity (Wildman–Crippen MR) is 144 cm³/mol. The van der Waals surface area contributed by atoms with Crippen molar-refractivity contribution in [2.75, 3.05) is 25.4 Å². The van der Waals surface area contributed by atoms with Gasteiger partial charge in [-0.3, -0.25) is 0 Å². The lowest BCUT2D eigenvalue weighted by molar-refractivity contribution is -0.959. The number of aromatic nitrogens is 1. The molecule has 1 unspecified atom stereocenters. The predicted octanol–water partition coefficient (Wildman–Crippen LogP) is 6.64. The fraction of sp³-hybridized carbons (Fsp3) is 0.516. The zero-order chi connectivity index (χ0) is 24.4. The molecule has 2 atom stereocenters. The van der Waals surface area contributed by atoms with E-state index in [1.807, 2.05) is 30.0 Å². The number of rotatable bonds is 8. The Balaban J connectivity index is 1.20. The van der Waals surface area contributed by atoms with Crippen LogP contribution in [0.5, 0.6) is 0 Å². The maximum atomic E-state index is 12.2. The summed E-state index contributed by atoms with van der Waals surface area (Å²) in [6, 6.07) is 23.1. The second-order valence-corrected chi connectivity index (χ2v) is 12.6. The molecule has 4 heterocycles. The number of benzene rings is 2. The van der Waals surface area contributed by atoms with Crippen LogP contribution in [0.2, 0.25) is 0 Å². The van der Waals surface area contributed by atoms with Crippen LogP contribution in [0.1, 0.15) is 62.0 Å². The Morgan fingerprint density at radius 2 is 1.61 bits per heavy atom. The fourth-order valence-electron chi connectivity index (χ4n) is 7.27. The molecule has 2 aromatic carbocycles. The second kappa shape index (κ2) is 10.4. The maximum absolute atomic E-state index is 12.2. The van der Waals surface area contributed by atoms with Crippen molar-refractivity contribution in [3.8, 4) is 0 Å². The normalized spacial score (nSPS) is 28.1. The summed E-state index contributed by atoms with van der Waals surface area (Å²) in [5.41, 5.74) is 0.574. The van der Waals surface area contributed by atoms with Crippen LogP contribution in [0, 0.1) is 17.8 Å². The molecule has 1 N–H and O–H groups in total. The molecule has 190 valence electrons. The molecule has 3 saturated heterocycles. The van der Waals surface area contributed by atoms with E-state index in [-0.39, 0.29) is 5.92 Å². The van der Waals surface area contributed by atoms with Crippen LogP contribution in [-0.4, -0.2) is 40.1 Å². The summed E-state index contributed by atoms with van der Waals surface area (Å²) in [6.45, 7) is 4.59. The number of hydrogen-bond acceptors (Lipinski definition) is 4. The minimum absolute atomic E-state index is 0.184. The summed E-state index contributed by atoms with van der Waals surface area (Å²) in [6.07, 6.45) is 8.32. The van der Waals surface area contributed by atoms with Crippen molar-refractivity contribution in [1.82, 2.24) is 5.16 Å². The van der Waals surface area contributed by atoms with Crippen LogP contribution in [0.25, 0.3) is 0 Å². The highest BCUT2D eigenvalue weighted by molar-refractivity contribution is 7.99. The minimum atomic E-state index is -1.08. The van der Waals surface area contributed by atoms with Gasteiger partial charge in [-0.05, 0) is 42.4 Å². The standard InChI is InChI=1S/C31H39N2O2S/c34-31(26-10-4-1-5-11-26,27-12-6-2-7-13-27)30-20-28(35-32-30)22-33-18-16-24(17-19-33)25(21-33)23-36-29-14-8-3-9-15-29/h1,3-5,8-11,14-15,20,24-25,27,34H,2,6-7,12-13,16-19,21-23H2/q+1/t24?,25-,31?,33?/m1/s1. The van der Waals surface area contributed by atoms with Gasteiger partial charge in [-0.15, -0.1) is 11.8 Å². The Hall–Kier alpha value is -2.08. The monoisotopic (exact) mass is 503 g/mol. The van der Waals surface area contributed by atoms with Crippen molar-refractivity contribution in [2.24, 2.45) is 17.8 Å². The Morgan fingerprint density at radius 1 is 0.917 bits per heavy atom. The Kier molecular flexibility index (Phi) is 6.98. The first-order chi connectivity index (χ1) is 17.6. The number of nitrogens with zero attached hydrogens (tertiary/aromatic N) is 2. The molecule has 7 rings (SSSR count). The molecule has 0 radical (unpaired) electrons. The van der Waals surface area contributed by atoms with Crippen LogP contribution < -0.4 is 0 Å². The lowest BCUT2D eigenvalue weighted by Gasteiger charge is -2.52. The van der Waals surface area contributed by atoms with Crippen molar-refractivity contribution in [3.63, 3.8) is 0 Å². The van der Waals surface area contributed by atoms with Gasteiger partial charge in [-0.25, -0.2) is 0 Å². The van der Waals surface area contributed by atoms with Crippen molar-refractivity contribution in [1.29, 1.82) is 0 Å². The smallest absolute Gasteiger partial charge is 0.191 e. The molecular formula is C31H39N2O2S+. The SMILES string of the molecule is OC(c1ccccc1)(c1cc(C[N+]23CCC(CC2)[C@@H](CSc2ccccc2)C3)on1)C1CCCCC1. The van der Waals surface area contributed by atoms with Crippen LogP contribution in [0.3, 0.4) is 0 Å². The number of fused-ring (bicyclic) bond motifs is 3. The van der Waals surface area contributed by atoms with Crippen molar-refractivity contribution in [3.05, 3.63) is 83.7 Å². The number of piperidine rings is 3. The largest absolute Gasteiger partial charge is 0.378 e. The van der Waals surface area contributed by atoms with Gasteiger partial charge in [-0.2, -0.15) is 0 Å². The minimum Gasteiger partial charge on any atom is -0.378 e. The average Bonchev–Trinajstić information content (AvgIpc) is 3.42. The first-order valence-corrected chi connectivity index (χ1v) is 14.9. The van der Waals surface area contributed by atoms with Gasteiger partial charge in [0.2, 0.25) is 0 Å². The zero-order valence-corrected chi connectivity index (χ0v) is 22.0. The van der Waals surface area contributed by atoms with E-state index in [9.17, 15) is 5.11 Å². The zero-order valence-electron chi connectivity index (χ0n) is 21.2. The Labute approximate surface area is 219 Å². The molecule has 36 heavy (non-hydrogen) atoms. The van der Waals surface area contributed by atoms with Crippen molar-refractivity contribution < 1.29 is 14.1 Å². The molecule has 3 aromatic rings. The molecule has 4 aliphatic rings. The van der Waals surface area contributed by atoms with E-state index in [4.69, 9.17) is 4.52 Å². The second-order valence-electron chi connectivity index (χ2n) is 11.5. The summed E-state index contributed by atoms with van der Waals surface area (Å²) in [5, 5.41) is 16.8. The molecule has 4 nitrogen and oxygen atoms in total. The molecule has 5 heteroatoms.